The minimum absolute atomic E-state index is 0.113. The summed E-state index contributed by atoms with van der Waals surface area (Å²) in [5.41, 5.74) is -1.38. The minimum atomic E-state index is -4.35. The van der Waals surface area contributed by atoms with Crippen molar-refractivity contribution in [3.05, 3.63) is 52.6 Å². The maximum atomic E-state index is 13.5. The Balaban J connectivity index is 2.90. The van der Waals surface area contributed by atoms with Crippen LogP contribution < -0.4 is 0 Å². The molecule has 0 atom stereocenters. The molecule has 5 nitrogen and oxygen atoms in total. The lowest BCUT2D eigenvalue weighted by molar-refractivity contribution is 0.0692. The van der Waals surface area contributed by atoms with Crippen LogP contribution in [-0.4, -0.2) is 24.6 Å². The molecule has 0 spiro atoms. The fourth-order valence-corrected chi connectivity index (χ4v) is 4.16. The summed E-state index contributed by atoms with van der Waals surface area (Å²) in [6, 6.07) is 3.29. The maximum Gasteiger partial charge on any atom is 0.339 e. The van der Waals surface area contributed by atoms with E-state index in [0.717, 1.165) is 6.07 Å². The number of aromatic carboxylic acids is 1. The van der Waals surface area contributed by atoms with E-state index in [4.69, 9.17) is 0 Å². The van der Waals surface area contributed by atoms with Crippen LogP contribution in [-0.2, 0) is 15.3 Å². The number of hydrogen-bond acceptors (Lipinski definition) is 4. The molecule has 26 heavy (non-hydrogen) atoms. The molecule has 0 saturated heterocycles. The van der Waals surface area contributed by atoms with Gasteiger partial charge >= 0.3 is 5.97 Å². The zero-order chi connectivity index (χ0) is 20.0. The second kappa shape index (κ2) is 6.35. The molecule has 8 heteroatoms. The number of halogens is 2. The molecule has 2 aromatic carbocycles. The molecule has 0 fully saturated rings. The number of sulfone groups is 1. The van der Waals surface area contributed by atoms with E-state index < -0.39 is 49.1 Å². The van der Waals surface area contributed by atoms with Crippen LogP contribution in [0.4, 0.5) is 8.78 Å². The van der Waals surface area contributed by atoms with Crippen LogP contribution in [0.1, 0.15) is 42.3 Å². The first kappa shape index (κ1) is 19.8. The van der Waals surface area contributed by atoms with Crippen molar-refractivity contribution >= 4 is 15.8 Å². The normalized spacial score (nSPS) is 12.2. The van der Waals surface area contributed by atoms with Crippen LogP contribution in [0.15, 0.2) is 34.1 Å². The van der Waals surface area contributed by atoms with Crippen molar-refractivity contribution in [2.45, 2.75) is 42.9 Å². The predicted octanol–water partition coefficient (Wildman–Crippen LogP) is 3.81. The summed E-state index contributed by atoms with van der Waals surface area (Å²) >= 11 is 0. The first-order chi connectivity index (χ1) is 11.8. The van der Waals surface area contributed by atoms with E-state index in [1.54, 1.807) is 20.8 Å². The molecule has 0 saturated carbocycles. The van der Waals surface area contributed by atoms with Crippen LogP contribution in [0.5, 0.6) is 5.75 Å². The number of benzene rings is 2. The topological polar surface area (TPSA) is 91.7 Å². The van der Waals surface area contributed by atoms with Gasteiger partial charge in [0.1, 0.15) is 11.3 Å². The molecule has 0 aliphatic carbocycles. The Morgan fingerprint density at radius 1 is 1.08 bits per heavy atom. The van der Waals surface area contributed by atoms with Crippen molar-refractivity contribution in [2.24, 2.45) is 0 Å². The summed E-state index contributed by atoms with van der Waals surface area (Å²) in [5.74, 6) is -4.55. The first-order valence-electron chi connectivity index (χ1n) is 7.59. The summed E-state index contributed by atoms with van der Waals surface area (Å²) in [4.78, 5) is 10.7. The number of rotatable bonds is 3. The van der Waals surface area contributed by atoms with Gasteiger partial charge in [-0.2, -0.15) is 0 Å². The third-order valence-corrected chi connectivity index (χ3v) is 5.90. The third-order valence-electron chi connectivity index (χ3n) is 4.02. The van der Waals surface area contributed by atoms with E-state index in [1.807, 2.05) is 0 Å². The molecule has 2 rings (SSSR count). The van der Waals surface area contributed by atoms with E-state index in [2.05, 4.69) is 0 Å². The van der Waals surface area contributed by atoms with Gasteiger partial charge in [-0.3, -0.25) is 0 Å². The zero-order valence-corrected chi connectivity index (χ0v) is 15.4. The Hall–Kier alpha value is -2.48. The average Bonchev–Trinajstić information content (AvgIpc) is 2.48. The number of carbonyl (C=O) groups is 1. The highest BCUT2D eigenvalue weighted by molar-refractivity contribution is 7.91. The lowest BCUT2D eigenvalue weighted by Crippen LogP contribution is -2.17. The van der Waals surface area contributed by atoms with Crippen molar-refractivity contribution in [3.8, 4) is 5.75 Å². The van der Waals surface area contributed by atoms with Crippen molar-refractivity contribution in [2.75, 3.05) is 0 Å². The number of phenols is 1. The Kier molecular flexibility index (Phi) is 4.85. The maximum absolute atomic E-state index is 13.5. The van der Waals surface area contributed by atoms with Crippen LogP contribution in [0.3, 0.4) is 0 Å². The fraction of sp³-hybridized carbons (Fsp3) is 0.278. The average molecular weight is 384 g/mol. The fourth-order valence-electron chi connectivity index (χ4n) is 2.63. The minimum Gasteiger partial charge on any atom is -0.507 e. The van der Waals surface area contributed by atoms with Gasteiger partial charge in [0.15, 0.2) is 11.6 Å². The van der Waals surface area contributed by atoms with Crippen molar-refractivity contribution < 1.29 is 32.2 Å². The molecule has 0 aliphatic heterocycles. The van der Waals surface area contributed by atoms with Gasteiger partial charge in [-0.1, -0.05) is 20.8 Å². The molecule has 0 radical (unpaired) electrons. The van der Waals surface area contributed by atoms with E-state index in [9.17, 15) is 32.2 Å². The van der Waals surface area contributed by atoms with Gasteiger partial charge < -0.3 is 10.2 Å². The number of hydrogen-bond donors (Lipinski definition) is 2. The molecule has 0 unspecified atom stereocenters. The summed E-state index contributed by atoms with van der Waals surface area (Å²) in [6.45, 7) is 6.27. The quantitative estimate of drug-likeness (QED) is 0.785. The Morgan fingerprint density at radius 2 is 1.65 bits per heavy atom. The van der Waals surface area contributed by atoms with E-state index in [-0.39, 0.29) is 16.0 Å². The van der Waals surface area contributed by atoms with Gasteiger partial charge in [-0.15, -0.1) is 0 Å². The standard InChI is InChI=1S/C18H18F2O5S/c1-9-14(26(24,25)10-5-6-12(19)13(20)7-10)8-11(18(2,3)4)16(21)15(9)17(22)23/h5-8,21H,1-4H3,(H,22,23). The molecule has 140 valence electrons. The first-order valence-corrected chi connectivity index (χ1v) is 9.07. The van der Waals surface area contributed by atoms with Crippen molar-refractivity contribution in [1.82, 2.24) is 0 Å². The molecule has 0 bridgehead atoms. The lowest BCUT2D eigenvalue weighted by atomic mass is 9.84. The van der Waals surface area contributed by atoms with Gasteiger partial charge in [0.05, 0.1) is 9.79 Å². The summed E-state index contributed by atoms with van der Waals surface area (Å²) in [7, 11) is -4.35. The van der Waals surface area contributed by atoms with Gasteiger partial charge in [-0.05, 0) is 42.2 Å². The zero-order valence-electron chi connectivity index (χ0n) is 14.6. The highest BCUT2D eigenvalue weighted by atomic mass is 32.2. The second-order valence-corrected chi connectivity index (χ2v) is 8.82. The number of carboxylic acid groups (broad SMARTS) is 1. The molecule has 0 heterocycles. The molecule has 2 aromatic rings. The smallest absolute Gasteiger partial charge is 0.339 e. The number of carboxylic acids is 1. The predicted molar refractivity (Wildman–Crippen MR) is 90.3 cm³/mol. The second-order valence-electron chi connectivity index (χ2n) is 6.91. The highest BCUT2D eigenvalue weighted by Crippen LogP contribution is 2.39. The summed E-state index contributed by atoms with van der Waals surface area (Å²) in [5, 5.41) is 19.7. The Bertz CT molecular complexity index is 1010. The lowest BCUT2D eigenvalue weighted by Gasteiger charge is -2.24. The van der Waals surface area contributed by atoms with Crippen LogP contribution >= 0.6 is 0 Å². The molecule has 0 amide bonds. The van der Waals surface area contributed by atoms with Crippen LogP contribution in [0.25, 0.3) is 0 Å². The Morgan fingerprint density at radius 3 is 2.12 bits per heavy atom. The van der Waals surface area contributed by atoms with Crippen molar-refractivity contribution in [1.29, 1.82) is 0 Å². The molecule has 0 aromatic heterocycles. The van der Waals surface area contributed by atoms with Crippen LogP contribution in [0.2, 0.25) is 0 Å². The Labute approximate surface area is 149 Å². The van der Waals surface area contributed by atoms with E-state index in [1.165, 1.54) is 13.0 Å². The third kappa shape index (κ3) is 3.29. The molecule has 2 N–H and O–H groups in total. The van der Waals surface area contributed by atoms with Gasteiger partial charge in [0, 0.05) is 5.56 Å². The van der Waals surface area contributed by atoms with Crippen LogP contribution in [0, 0.1) is 18.6 Å². The molecule has 0 aliphatic rings. The highest BCUT2D eigenvalue weighted by Gasteiger charge is 2.31. The van der Waals surface area contributed by atoms with Gasteiger partial charge in [-0.25, -0.2) is 22.0 Å². The summed E-state index contributed by atoms with van der Waals surface area (Å²) < 4.78 is 52.5. The molecular weight excluding hydrogens is 366 g/mol. The number of aromatic hydroxyl groups is 1. The van der Waals surface area contributed by atoms with E-state index >= 15 is 0 Å². The van der Waals surface area contributed by atoms with Crippen molar-refractivity contribution in [3.63, 3.8) is 0 Å². The van der Waals surface area contributed by atoms with Gasteiger partial charge in [0.2, 0.25) is 9.84 Å². The molecular formula is C18H18F2O5S. The monoisotopic (exact) mass is 384 g/mol. The van der Waals surface area contributed by atoms with Gasteiger partial charge in [0.25, 0.3) is 0 Å². The summed E-state index contributed by atoms with van der Waals surface area (Å²) in [6.07, 6.45) is 0. The SMILES string of the molecule is Cc1c(S(=O)(=O)c2ccc(F)c(F)c2)cc(C(C)(C)C)c(O)c1C(=O)O. The van der Waals surface area contributed by atoms with E-state index in [0.29, 0.717) is 12.1 Å². The largest absolute Gasteiger partial charge is 0.507 e.